The number of nitrogens with one attached hydrogen (secondary N) is 1. The van der Waals surface area contributed by atoms with Crippen molar-refractivity contribution in [2.45, 2.75) is 51.3 Å². The molecule has 2 aromatic carbocycles. The zero-order chi connectivity index (χ0) is 24.4. The predicted molar refractivity (Wildman–Crippen MR) is 130 cm³/mol. The molecule has 1 aliphatic heterocycles. The van der Waals surface area contributed by atoms with Gasteiger partial charge in [-0.05, 0) is 54.3 Å². The first-order chi connectivity index (χ1) is 16.5. The first-order valence-electron chi connectivity index (χ1n) is 11.5. The van der Waals surface area contributed by atoms with E-state index < -0.39 is 11.6 Å². The standard InChI is InChI=1S/C25H31N5O4/c1-3-13-27-24(32)25(16-20-7-4-5-8-21(20)17-28-30-26)18(2)34-23(29-25)19-9-11-22(12-10-19)33-15-6-14-31/h4-5,7-12,18,31H,3,6,13-17H2,1-2H3,(H,27,32)/t18-,25-/m1/s1. The summed E-state index contributed by atoms with van der Waals surface area (Å²) < 4.78 is 11.7. The smallest absolute Gasteiger partial charge is 0.252 e. The number of benzene rings is 2. The average molecular weight is 466 g/mol. The van der Waals surface area contributed by atoms with Crippen LogP contribution < -0.4 is 10.1 Å². The van der Waals surface area contributed by atoms with Crippen molar-refractivity contribution in [2.75, 3.05) is 19.8 Å². The zero-order valence-corrected chi connectivity index (χ0v) is 19.6. The zero-order valence-electron chi connectivity index (χ0n) is 19.6. The van der Waals surface area contributed by atoms with E-state index in [9.17, 15) is 4.79 Å². The largest absolute Gasteiger partial charge is 0.494 e. The van der Waals surface area contributed by atoms with Crippen LogP contribution >= 0.6 is 0 Å². The minimum atomic E-state index is -1.16. The summed E-state index contributed by atoms with van der Waals surface area (Å²) in [6.45, 7) is 5.09. The molecule has 9 heteroatoms. The van der Waals surface area contributed by atoms with E-state index in [0.29, 0.717) is 37.6 Å². The number of aliphatic imine (C=N–C) groups is 1. The molecule has 0 spiro atoms. The predicted octanol–water partition coefficient (Wildman–Crippen LogP) is 3.93. The molecule has 0 saturated heterocycles. The van der Waals surface area contributed by atoms with Gasteiger partial charge in [0.05, 0.1) is 13.2 Å². The molecule has 0 saturated carbocycles. The molecule has 180 valence electrons. The van der Waals surface area contributed by atoms with Crippen LogP contribution in [0.2, 0.25) is 0 Å². The van der Waals surface area contributed by atoms with Gasteiger partial charge in [-0.25, -0.2) is 4.99 Å². The topological polar surface area (TPSA) is 129 Å². The fourth-order valence-electron chi connectivity index (χ4n) is 3.82. The molecule has 1 heterocycles. The van der Waals surface area contributed by atoms with Crippen molar-refractivity contribution in [3.8, 4) is 5.75 Å². The van der Waals surface area contributed by atoms with E-state index in [2.05, 4.69) is 15.3 Å². The first-order valence-corrected chi connectivity index (χ1v) is 11.5. The highest BCUT2D eigenvalue weighted by atomic mass is 16.5. The van der Waals surface area contributed by atoms with Crippen LogP contribution in [0.3, 0.4) is 0 Å². The molecule has 0 radical (unpaired) electrons. The molecule has 0 fully saturated rings. The van der Waals surface area contributed by atoms with Crippen LogP contribution in [-0.4, -0.2) is 48.3 Å². The summed E-state index contributed by atoms with van der Waals surface area (Å²) in [5.41, 5.74) is 10.1. The van der Waals surface area contributed by atoms with Gasteiger partial charge in [-0.1, -0.05) is 36.3 Å². The molecule has 34 heavy (non-hydrogen) atoms. The van der Waals surface area contributed by atoms with Crippen molar-refractivity contribution < 1.29 is 19.4 Å². The van der Waals surface area contributed by atoms with E-state index in [1.54, 1.807) is 0 Å². The molecule has 1 amide bonds. The van der Waals surface area contributed by atoms with Crippen LogP contribution in [0, 0.1) is 0 Å². The molecule has 3 rings (SSSR count). The van der Waals surface area contributed by atoms with E-state index in [-0.39, 0.29) is 19.1 Å². The first kappa shape index (κ1) is 25.1. The van der Waals surface area contributed by atoms with Crippen molar-refractivity contribution in [1.82, 2.24) is 5.32 Å². The lowest BCUT2D eigenvalue weighted by Gasteiger charge is -2.29. The lowest BCUT2D eigenvalue weighted by Crippen LogP contribution is -2.52. The Labute approximate surface area is 199 Å². The summed E-state index contributed by atoms with van der Waals surface area (Å²) >= 11 is 0. The Bertz CT molecular complexity index is 1050. The fraction of sp³-hybridized carbons (Fsp3) is 0.440. The maximum Gasteiger partial charge on any atom is 0.252 e. The van der Waals surface area contributed by atoms with Gasteiger partial charge in [0.15, 0.2) is 5.54 Å². The van der Waals surface area contributed by atoms with Gasteiger partial charge < -0.3 is 19.9 Å². The number of amides is 1. The number of aliphatic hydroxyl groups is 1. The van der Waals surface area contributed by atoms with E-state index in [0.717, 1.165) is 23.1 Å². The minimum absolute atomic E-state index is 0.0782. The highest BCUT2D eigenvalue weighted by Gasteiger charge is 2.50. The number of azide groups is 1. The van der Waals surface area contributed by atoms with Crippen molar-refractivity contribution >= 4 is 11.8 Å². The molecular formula is C25H31N5O4. The molecule has 2 aromatic rings. The lowest BCUT2D eigenvalue weighted by atomic mass is 9.84. The molecule has 9 nitrogen and oxygen atoms in total. The van der Waals surface area contributed by atoms with E-state index >= 15 is 0 Å². The second-order valence-corrected chi connectivity index (χ2v) is 8.14. The summed E-state index contributed by atoms with van der Waals surface area (Å²) in [6, 6.07) is 14.9. The number of ether oxygens (including phenoxy) is 2. The van der Waals surface area contributed by atoms with Crippen LogP contribution in [0.4, 0.5) is 0 Å². The van der Waals surface area contributed by atoms with E-state index in [1.807, 2.05) is 62.4 Å². The molecular weight excluding hydrogens is 434 g/mol. The van der Waals surface area contributed by atoms with Gasteiger partial charge in [0, 0.05) is 36.5 Å². The highest BCUT2D eigenvalue weighted by Crippen LogP contribution is 2.34. The molecule has 0 aliphatic carbocycles. The number of carbonyl (C=O) groups excluding carboxylic acids is 1. The number of carbonyl (C=O) groups is 1. The van der Waals surface area contributed by atoms with Crippen molar-refractivity contribution in [2.24, 2.45) is 10.1 Å². The van der Waals surface area contributed by atoms with Crippen molar-refractivity contribution in [3.63, 3.8) is 0 Å². The van der Waals surface area contributed by atoms with Crippen molar-refractivity contribution in [1.29, 1.82) is 0 Å². The number of nitrogens with zero attached hydrogens (tertiary/aromatic N) is 4. The SMILES string of the molecule is CCCNC(=O)[C@]1(Cc2ccccc2CN=[N+]=[N-])N=C(c2ccc(OCCCO)cc2)O[C@@H]1C. The van der Waals surface area contributed by atoms with Gasteiger partial charge in [0.1, 0.15) is 11.9 Å². The van der Waals surface area contributed by atoms with Crippen LogP contribution in [0.1, 0.15) is 43.4 Å². The Morgan fingerprint density at radius 2 is 2.00 bits per heavy atom. The summed E-state index contributed by atoms with van der Waals surface area (Å²) in [5, 5.41) is 15.6. The van der Waals surface area contributed by atoms with Gasteiger partial charge in [-0.15, -0.1) is 0 Å². The Kier molecular flexibility index (Phi) is 8.90. The second-order valence-electron chi connectivity index (χ2n) is 8.14. The summed E-state index contributed by atoms with van der Waals surface area (Å²) in [7, 11) is 0. The fourth-order valence-corrected chi connectivity index (χ4v) is 3.82. The molecule has 0 bridgehead atoms. The van der Waals surface area contributed by atoms with Gasteiger partial charge in [-0.3, -0.25) is 4.79 Å². The van der Waals surface area contributed by atoms with E-state index in [1.165, 1.54) is 0 Å². The molecule has 0 unspecified atom stereocenters. The van der Waals surface area contributed by atoms with Crippen LogP contribution in [-0.2, 0) is 22.5 Å². The van der Waals surface area contributed by atoms with Gasteiger partial charge in [0.25, 0.3) is 5.91 Å². The van der Waals surface area contributed by atoms with Crippen molar-refractivity contribution in [3.05, 3.63) is 75.7 Å². The monoisotopic (exact) mass is 465 g/mol. The quantitative estimate of drug-likeness (QED) is 0.213. The molecule has 2 atom stereocenters. The Balaban J connectivity index is 1.93. The number of rotatable bonds is 12. The minimum Gasteiger partial charge on any atom is -0.494 e. The van der Waals surface area contributed by atoms with Gasteiger partial charge >= 0.3 is 0 Å². The van der Waals surface area contributed by atoms with Crippen LogP contribution in [0.15, 0.2) is 58.6 Å². The maximum atomic E-state index is 13.4. The second kappa shape index (κ2) is 12.1. The summed E-state index contributed by atoms with van der Waals surface area (Å²) in [6.07, 6.45) is 1.17. The Morgan fingerprint density at radius 3 is 2.68 bits per heavy atom. The third kappa shape index (κ3) is 5.87. The maximum absolute atomic E-state index is 13.4. The Hall–Kier alpha value is -3.55. The number of aliphatic hydroxyl groups excluding tert-OH is 1. The van der Waals surface area contributed by atoms with Crippen LogP contribution in [0.5, 0.6) is 5.75 Å². The summed E-state index contributed by atoms with van der Waals surface area (Å²) in [5.74, 6) is 0.885. The highest BCUT2D eigenvalue weighted by molar-refractivity contribution is 6.00. The number of hydrogen-bond donors (Lipinski definition) is 2. The molecule has 2 N–H and O–H groups in total. The number of hydrogen-bond acceptors (Lipinski definition) is 6. The Morgan fingerprint density at radius 1 is 1.26 bits per heavy atom. The van der Waals surface area contributed by atoms with E-state index in [4.69, 9.17) is 25.1 Å². The van der Waals surface area contributed by atoms with Gasteiger partial charge in [0.2, 0.25) is 5.90 Å². The normalized spacial score (nSPS) is 19.0. The molecule has 0 aromatic heterocycles. The van der Waals surface area contributed by atoms with Gasteiger partial charge in [-0.2, -0.15) is 0 Å². The molecule has 1 aliphatic rings. The third-order valence-electron chi connectivity index (χ3n) is 5.75. The lowest BCUT2D eigenvalue weighted by molar-refractivity contribution is -0.128. The average Bonchev–Trinajstić information content (AvgIpc) is 3.19. The third-order valence-corrected chi connectivity index (χ3v) is 5.75. The summed E-state index contributed by atoms with van der Waals surface area (Å²) in [4.78, 5) is 21.1. The van der Waals surface area contributed by atoms with Crippen LogP contribution in [0.25, 0.3) is 10.4 Å².